The number of likely N-dealkylation sites (N-methyl/N-ethyl adjacent to an activating group) is 2. The smallest absolute Gasteiger partial charge is 0.318 e. The maximum Gasteiger partial charge on any atom is 0.318 e. The van der Waals surface area contributed by atoms with Crippen LogP contribution in [0.5, 0.6) is 6.01 Å². The normalized spacial score (nSPS) is 25.9. The average Bonchev–Trinajstić information content (AvgIpc) is 3.63. The van der Waals surface area contributed by atoms with Gasteiger partial charge in [0, 0.05) is 48.7 Å². The Morgan fingerprint density at radius 1 is 1.24 bits per heavy atom. The van der Waals surface area contributed by atoms with Gasteiger partial charge in [0.2, 0.25) is 5.91 Å². The van der Waals surface area contributed by atoms with E-state index in [1.807, 2.05) is 29.4 Å². The monoisotopic (exact) mass is 589 g/mol. The van der Waals surface area contributed by atoms with Gasteiger partial charge in [0.05, 0.1) is 24.2 Å². The van der Waals surface area contributed by atoms with Crippen LogP contribution in [0.3, 0.4) is 0 Å². The molecule has 224 valence electrons. The van der Waals surface area contributed by atoms with E-state index in [2.05, 4.69) is 39.7 Å². The fraction of sp³-hybridized carbons (Fsp3) is 0.625. The van der Waals surface area contributed by atoms with E-state index in [-0.39, 0.29) is 17.4 Å². The van der Waals surface area contributed by atoms with Crippen molar-refractivity contribution in [2.75, 3.05) is 58.3 Å². The number of amides is 1. The lowest BCUT2D eigenvalue weighted by atomic mass is 9.65. The molecular formula is C32H43N7O2S. The number of carbonyl (C=O) groups is 1. The molecule has 2 fully saturated rings. The molecule has 4 heterocycles. The molecule has 1 N–H and O–H groups in total. The minimum absolute atomic E-state index is 0.0354. The maximum absolute atomic E-state index is 13.0. The zero-order chi connectivity index (χ0) is 29.1. The topological polar surface area (TPSA) is 97.6 Å². The summed E-state index contributed by atoms with van der Waals surface area (Å²) in [6.07, 6.45) is 12.6. The van der Waals surface area contributed by atoms with Crippen molar-refractivity contribution in [2.24, 2.45) is 5.41 Å². The number of nitrogens with one attached hydrogen (secondary N) is 1. The first kappa shape index (κ1) is 29.1. The number of nitriles is 1. The summed E-state index contributed by atoms with van der Waals surface area (Å²) < 4.78 is 6.35. The predicted octanol–water partition coefficient (Wildman–Crippen LogP) is 3.38. The van der Waals surface area contributed by atoms with Gasteiger partial charge < -0.3 is 24.8 Å². The number of fused-ring (bicyclic) bond motifs is 2. The van der Waals surface area contributed by atoms with E-state index in [1.165, 1.54) is 24.0 Å². The van der Waals surface area contributed by atoms with Gasteiger partial charge in [-0.2, -0.15) is 15.2 Å². The highest BCUT2D eigenvalue weighted by Crippen LogP contribution is 2.47. The molecule has 1 spiro atoms. The molecule has 2 aliphatic carbocycles. The number of ether oxygens (including phenoxy) is 1. The van der Waals surface area contributed by atoms with Gasteiger partial charge in [-0.15, -0.1) is 11.3 Å². The van der Waals surface area contributed by atoms with Gasteiger partial charge in [0.1, 0.15) is 12.4 Å². The van der Waals surface area contributed by atoms with Crippen molar-refractivity contribution in [3.05, 3.63) is 45.3 Å². The summed E-state index contributed by atoms with van der Waals surface area (Å²) in [5.74, 6) is 0.907. The summed E-state index contributed by atoms with van der Waals surface area (Å²) in [4.78, 5) is 31.2. The van der Waals surface area contributed by atoms with Crippen LogP contribution in [0.1, 0.15) is 53.8 Å². The largest absolute Gasteiger partial charge is 0.462 e. The second-order valence-electron chi connectivity index (χ2n) is 12.5. The van der Waals surface area contributed by atoms with Crippen LogP contribution in [0.4, 0.5) is 5.82 Å². The Hall–Kier alpha value is -3.00. The fourth-order valence-corrected chi connectivity index (χ4v) is 8.45. The number of nitrogens with zero attached hydrogens (tertiary/aromatic N) is 6. The van der Waals surface area contributed by atoms with Crippen LogP contribution < -0.4 is 15.0 Å². The van der Waals surface area contributed by atoms with E-state index < -0.39 is 0 Å². The third kappa shape index (κ3) is 6.05. The zero-order valence-electron chi connectivity index (χ0n) is 25.0. The van der Waals surface area contributed by atoms with Crippen LogP contribution in [0.25, 0.3) is 0 Å². The summed E-state index contributed by atoms with van der Waals surface area (Å²) >= 11 is 1.90. The van der Waals surface area contributed by atoms with Crippen molar-refractivity contribution in [2.45, 2.75) is 69.9 Å². The van der Waals surface area contributed by atoms with Gasteiger partial charge in [-0.05, 0) is 94.4 Å². The molecule has 0 saturated carbocycles. The third-order valence-corrected chi connectivity index (χ3v) is 10.8. The molecule has 0 bridgehead atoms. The zero-order valence-corrected chi connectivity index (χ0v) is 25.8. The maximum atomic E-state index is 13.0. The van der Waals surface area contributed by atoms with Crippen LogP contribution in [-0.4, -0.2) is 91.2 Å². The molecule has 1 amide bonds. The number of thiophene rings is 1. The lowest BCUT2D eigenvalue weighted by molar-refractivity contribution is -0.128. The molecule has 0 radical (unpaired) electrons. The van der Waals surface area contributed by atoms with Gasteiger partial charge in [0.25, 0.3) is 0 Å². The summed E-state index contributed by atoms with van der Waals surface area (Å²) in [5, 5.41) is 14.9. The standard InChI is InChI=1S/C32H43N7O2S/c1-34-14-3-6-29(40)39-17-16-38(21-24(39)9-13-33)30-26-8-12-32(11-7-23-10-18-42-28(23)20-32)19-27(26)35-31(36-30)41-22-25-5-4-15-37(25)2/h3,6,10,18,24-25,34H,4-5,7-9,11-12,14-17,19-22H2,1-2H3/b6-3+. The number of hydrogen-bond donors (Lipinski definition) is 1. The van der Waals surface area contributed by atoms with Crippen molar-refractivity contribution < 1.29 is 9.53 Å². The van der Waals surface area contributed by atoms with E-state index >= 15 is 0 Å². The second-order valence-corrected chi connectivity index (χ2v) is 13.5. The third-order valence-electron chi connectivity index (χ3n) is 9.85. The molecule has 2 saturated heterocycles. The number of aryl methyl sites for hydroxylation is 1. The molecule has 9 nitrogen and oxygen atoms in total. The Morgan fingerprint density at radius 2 is 2.12 bits per heavy atom. The number of hydrogen-bond acceptors (Lipinski definition) is 9. The molecule has 2 aromatic heterocycles. The molecule has 6 rings (SSSR count). The first-order valence-corrected chi connectivity index (χ1v) is 16.4. The number of aromatic nitrogens is 2. The Morgan fingerprint density at radius 3 is 2.93 bits per heavy atom. The van der Waals surface area contributed by atoms with E-state index in [0.717, 1.165) is 56.6 Å². The molecule has 3 atom stereocenters. The molecular weight excluding hydrogens is 546 g/mol. The summed E-state index contributed by atoms with van der Waals surface area (Å²) in [6.45, 7) is 4.14. The lowest BCUT2D eigenvalue weighted by Gasteiger charge is -2.44. The SMILES string of the molecule is CNC/C=C/C(=O)N1CCN(c2nc(OCC3CCCN3C)nc3c2CCC2(CCc4ccsc4C2)C3)CC1CC#N. The van der Waals surface area contributed by atoms with Crippen LogP contribution in [-0.2, 0) is 30.5 Å². The Labute approximate surface area is 253 Å². The average molecular weight is 590 g/mol. The highest BCUT2D eigenvalue weighted by molar-refractivity contribution is 7.10. The Bertz CT molecular complexity index is 1350. The van der Waals surface area contributed by atoms with Gasteiger partial charge in [0.15, 0.2) is 0 Å². The first-order valence-electron chi connectivity index (χ1n) is 15.5. The number of likely N-dealkylation sites (tertiary alicyclic amines) is 1. The highest BCUT2D eigenvalue weighted by Gasteiger charge is 2.41. The number of carbonyl (C=O) groups excluding carboxylic acids is 1. The molecule has 4 aliphatic rings. The number of rotatable bonds is 8. The summed E-state index contributed by atoms with van der Waals surface area (Å²) in [7, 11) is 4.02. The first-order chi connectivity index (χ1) is 20.5. The summed E-state index contributed by atoms with van der Waals surface area (Å²) in [5.41, 5.74) is 4.13. The number of anilines is 1. The molecule has 10 heteroatoms. The number of piperazine rings is 1. The quantitative estimate of drug-likeness (QED) is 0.468. The van der Waals surface area contributed by atoms with E-state index in [4.69, 9.17) is 14.7 Å². The van der Waals surface area contributed by atoms with Crippen molar-refractivity contribution >= 4 is 23.1 Å². The van der Waals surface area contributed by atoms with Crippen LogP contribution >= 0.6 is 11.3 Å². The van der Waals surface area contributed by atoms with Gasteiger partial charge >= 0.3 is 6.01 Å². The summed E-state index contributed by atoms with van der Waals surface area (Å²) in [6, 6.07) is 5.29. The van der Waals surface area contributed by atoms with Gasteiger partial charge in [-0.25, -0.2) is 0 Å². The van der Waals surface area contributed by atoms with E-state index in [1.54, 1.807) is 11.0 Å². The van der Waals surface area contributed by atoms with Crippen molar-refractivity contribution in [3.8, 4) is 12.1 Å². The molecule has 3 unspecified atom stereocenters. The van der Waals surface area contributed by atoms with Crippen molar-refractivity contribution in [3.63, 3.8) is 0 Å². The molecule has 0 aromatic carbocycles. The van der Waals surface area contributed by atoms with E-state index in [9.17, 15) is 10.1 Å². The van der Waals surface area contributed by atoms with Gasteiger partial charge in [-0.1, -0.05) is 6.08 Å². The predicted molar refractivity (Wildman–Crippen MR) is 165 cm³/mol. The molecule has 42 heavy (non-hydrogen) atoms. The van der Waals surface area contributed by atoms with E-state index in [0.29, 0.717) is 51.3 Å². The van der Waals surface area contributed by atoms with Crippen molar-refractivity contribution in [1.82, 2.24) is 25.1 Å². The lowest BCUT2D eigenvalue weighted by Crippen LogP contribution is -2.55. The highest BCUT2D eigenvalue weighted by atomic mass is 32.1. The molecule has 2 aliphatic heterocycles. The van der Waals surface area contributed by atoms with Gasteiger partial charge in [-0.3, -0.25) is 4.79 Å². The minimum Gasteiger partial charge on any atom is -0.462 e. The van der Waals surface area contributed by atoms with Crippen LogP contribution in [0.2, 0.25) is 0 Å². The second kappa shape index (κ2) is 12.7. The minimum atomic E-state index is -0.192. The fourth-order valence-electron chi connectivity index (χ4n) is 7.35. The van der Waals surface area contributed by atoms with Crippen LogP contribution in [0.15, 0.2) is 23.6 Å². The van der Waals surface area contributed by atoms with Crippen LogP contribution in [0, 0.1) is 16.7 Å². The Balaban J connectivity index is 1.27. The van der Waals surface area contributed by atoms with Crippen molar-refractivity contribution in [1.29, 1.82) is 5.26 Å². The molecule has 2 aromatic rings. The Kier molecular flexibility index (Phi) is 8.80.